The van der Waals surface area contributed by atoms with Gasteiger partial charge in [-0.3, -0.25) is 0 Å². The van der Waals surface area contributed by atoms with Crippen molar-refractivity contribution in [3.63, 3.8) is 0 Å². The van der Waals surface area contributed by atoms with Gasteiger partial charge in [0.25, 0.3) is 0 Å². The molecule has 114 valence electrons. The zero-order valence-electron chi connectivity index (χ0n) is 12.2. The zero-order valence-corrected chi connectivity index (χ0v) is 14.6. The summed E-state index contributed by atoms with van der Waals surface area (Å²) < 4.78 is 40.5. The van der Waals surface area contributed by atoms with Crippen LogP contribution in [0.5, 0.6) is 0 Å². The summed E-state index contributed by atoms with van der Waals surface area (Å²) in [6.07, 6.45) is 0.879. The molecule has 0 aliphatic heterocycles. The molecule has 1 aromatic carbocycles. The first-order chi connectivity index (χ1) is 9.13. The Morgan fingerprint density at radius 3 is 2.20 bits per heavy atom. The van der Waals surface area contributed by atoms with E-state index in [9.17, 15) is 12.8 Å². The Labute approximate surface area is 129 Å². The maximum Gasteiger partial charge on any atom is 0.241 e. The molecule has 0 aromatic heterocycles. The van der Waals surface area contributed by atoms with E-state index in [4.69, 9.17) is 0 Å². The van der Waals surface area contributed by atoms with Crippen LogP contribution >= 0.6 is 15.9 Å². The Kier molecular flexibility index (Phi) is 6.16. The van der Waals surface area contributed by atoms with Gasteiger partial charge >= 0.3 is 0 Å². The normalized spacial score (nSPS) is 13.8. The Morgan fingerprint density at radius 2 is 1.75 bits per heavy atom. The molecule has 20 heavy (non-hydrogen) atoms. The molecule has 1 N–H and O–H groups in total. The van der Waals surface area contributed by atoms with Crippen LogP contribution < -0.4 is 4.72 Å². The van der Waals surface area contributed by atoms with Crippen LogP contribution in [0.1, 0.15) is 31.4 Å². The maximum absolute atomic E-state index is 13.2. The van der Waals surface area contributed by atoms with Crippen LogP contribution in [0.25, 0.3) is 0 Å². The minimum atomic E-state index is -3.62. The van der Waals surface area contributed by atoms with Crippen LogP contribution in [0.15, 0.2) is 17.0 Å². The molecule has 0 spiro atoms. The van der Waals surface area contributed by atoms with Gasteiger partial charge in [0, 0.05) is 11.4 Å². The first-order valence-electron chi connectivity index (χ1n) is 6.54. The third-order valence-corrected chi connectivity index (χ3v) is 5.34. The summed E-state index contributed by atoms with van der Waals surface area (Å²) in [5, 5.41) is 0. The molecule has 1 unspecified atom stereocenters. The van der Waals surface area contributed by atoms with Crippen LogP contribution in [-0.4, -0.2) is 19.8 Å². The van der Waals surface area contributed by atoms with E-state index >= 15 is 0 Å². The van der Waals surface area contributed by atoms with Crippen molar-refractivity contribution in [1.82, 2.24) is 4.72 Å². The highest BCUT2D eigenvalue weighted by molar-refractivity contribution is 9.09. The van der Waals surface area contributed by atoms with Gasteiger partial charge < -0.3 is 0 Å². The third-order valence-electron chi connectivity index (χ3n) is 2.92. The summed E-state index contributed by atoms with van der Waals surface area (Å²) >= 11 is 3.47. The molecule has 0 aliphatic carbocycles. The monoisotopic (exact) mass is 365 g/mol. The summed E-state index contributed by atoms with van der Waals surface area (Å²) in [6.45, 7) is 7.68. The first-order valence-corrected chi connectivity index (χ1v) is 8.94. The number of alkyl halides is 1. The highest BCUT2D eigenvalue weighted by Crippen LogP contribution is 2.21. The van der Waals surface area contributed by atoms with E-state index in [1.165, 1.54) is 12.1 Å². The minimum absolute atomic E-state index is 0.0818. The van der Waals surface area contributed by atoms with Gasteiger partial charge in [-0.05, 0) is 49.4 Å². The summed E-state index contributed by atoms with van der Waals surface area (Å²) in [5.74, 6) is 0.0651. The van der Waals surface area contributed by atoms with E-state index in [2.05, 4.69) is 34.5 Å². The van der Waals surface area contributed by atoms with E-state index in [-0.39, 0.29) is 9.72 Å². The van der Waals surface area contributed by atoms with Gasteiger partial charge in [0.05, 0.1) is 4.90 Å². The lowest BCUT2D eigenvalue weighted by molar-refractivity contribution is 0.550. The highest BCUT2D eigenvalue weighted by atomic mass is 79.9. The second-order valence-electron chi connectivity index (χ2n) is 5.45. The van der Waals surface area contributed by atoms with Crippen molar-refractivity contribution in [2.45, 2.75) is 43.8 Å². The number of benzene rings is 1. The van der Waals surface area contributed by atoms with Crippen molar-refractivity contribution in [1.29, 1.82) is 0 Å². The van der Waals surface area contributed by atoms with Gasteiger partial charge in [-0.15, -0.1) is 0 Å². The van der Waals surface area contributed by atoms with E-state index in [1.54, 1.807) is 13.8 Å². The predicted molar refractivity (Wildman–Crippen MR) is 83.2 cm³/mol. The second kappa shape index (κ2) is 7.00. The Morgan fingerprint density at radius 1 is 1.25 bits per heavy atom. The SMILES string of the molecule is Cc1cc(F)cc(C)c1S(=O)(=O)NCC(Br)CC(C)C. The van der Waals surface area contributed by atoms with E-state index in [1.807, 2.05) is 0 Å². The first kappa shape index (κ1) is 17.6. The molecule has 1 atom stereocenters. The number of halogens is 2. The van der Waals surface area contributed by atoms with Crippen LogP contribution in [0.4, 0.5) is 4.39 Å². The molecule has 0 bridgehead atoms. The number of sulfonamides is 1. The van der Waals surface area contributed by atoms with Crippen molar-refractivity contribution in [2.75, 3.05) is 6.54 Å². The molecule has 0 heterocycles. The number of nitrogens with one attached hydrogen (secondary N) is 1. The van der Waals surface area contributed by atoms with Gasteiger partial charge in [-0.1, -0.05) is 29.8 Å². The number of hydrogen-bond acceptors (Lipinski definition) is 2. The van der Waals surface area contributed by atoms with Gasteiger partial charge in [0.15, 0.2) is 0 Å². The minimum Gasteiger partial charge on any atom is -0.210 e. The number of hydrogen-bond donors (Lipinski definition) is 1. The van der Waals surface area contributed by atoms with Crippen LogP contribution in [0, 0.1) is 25.6 Å². The molecular formula is C14H21BrFNO2S. The van der Waals surface area contributed by atoms with E-state index < -0.39 is 15.8 Å². The van der Waals surface area contributed by atoms with E-state index in [0.29, 0.717) is 23.6 Å². The highest BCUT2D eigenvalue weighted by Gasteiger charge is 2.21. The van der Waals surface area contributed by atoms with Gasteiger partial charge in [-0.25, -0.2) is 17.5 Å². The lowest BCUT2D eigenvalue weighted by atomic mass is 10.1. The molecule has 0 radical (unpaired) electrons. The van der Waals surface area contributed by atoms with Gasteiger partial charge in [0.1, 0.15) is 5.82 Å². The summed E-state index contributed by atoms with van der Waals surface area (Å²) in [5.41, 5.74) is 0.843. The quantitative estimate of drug-likeness (QED) is 0.783. The number of aryl methyl sites for hydroxylation is 2. The molecule has 0 fully saturated rings. The summed E-state index contributed by atoms with van der Waals surface area (Å²) in [7, 11) is -3.62. The van der Waals surface area contributed by atoms with Crippen molar-refractivity contribution >= 4 is 26.0 Å². The molecule has 6 heteroatoms. The fourth-order valence-corrected chi connectivity index (χ4v) is 4.84. The molecule has 3 nitrogen and oxygen atoms in total. The molecule has 1 rings (SSSR count). The van der Waals surface area contributed by atoms with Crippen LogP contribution in [0.2, 0.25) is 0 Å². The van der Waals surface area contributed by atoms with Crippen molar-refractivity contribution in [3.05, 3.63) is 29.1 Å². The smallest absolute Gasteiger partial charge is 0.210 e. The third kappa shape index (κ3) is 4.82. The van der Waals surface area contributed by atoms with E-state index in [0.717, 1.165) is 6.42 Å². The Hall–Kier alpha value is -0.460. The Bertz CT molecular complexity index is 550. The van der Waals surface area contributed by atoms with Gasteiger partial charge in [0.2, 0.25) is 10.0 Å². The lowest BCUT2D eigenvalue weighted by Crippen LogP contribution is -2.31. The largest absolute Gasteiger partial charge is 0.241 e. The summed E-state index contributed by atoms with van der Waals surface area (Å²) in [4.78, 5) is 0.251. The standard InChI is InChI=1S/C14H21BrFNO2S/c1-9(2)5-12(15)8-17-20(18,19)14-10(3)6-13(16)7-11(14)4/h6-7,9,12,17H,5,8H2,1-4H3. The second-order valence-corrected chi connectivity index (χ2v) is 8.45. The average Bonchev–Trinajstić information content (AvgIpc) is 2.23. The van der Waals surface area contributed by atoms with Crippen LogP contribution in [0.3, 0.4) is 0 Å². The molecule has 0 aliphatic rings. The average molecular weight is 366 g/mol. The topological polar surface area (TPSA) is 46.2 Å². The molecule has 1 aromatic rings. The fourth-order valence-electron chi connectivity index (χ4n) is 2.19. The van der Waals surface area contributed by atoms with Crippen molar-refractivity contribution in [2.24, 2.45) is 5.92 Å². The molecule has 0 amide bonds. The maximum atomic E-state index is 13.2. The fraction of sp³-hybridized carbons (Fsp3) is 0.571. The van der Waals surface area contributed by atoms with Crippen molar-refractivity contribution in [3.8, 4) is 0 Å². The number of rotatable bonds is 6. The Balaban J connectivity index is 2.90. The molecular weight excluding hydrogens is 345 g/mol. The van der Waals surface area contributed by atoms with Crippen LogP contribution in [-0.2, 0) is 10.0 Å². The molecule has 0 saturated heterocycles. The van der Waals surface area contributed by atoms with Gasteiger partial charge in [-0.2, -0.15) is 0 Å². The summed E-state index contributed by atoms with van der Waals surface area (Å²) in [6, 6.07) is 2.47. The molecule has 0 saturated carbocycles. The zero-order chi connectivity index (χ0) is 15.5. The lowest BCUT2D eigenvalue weighted by Gasteiger charge is -2.16. The predicted octanol–water partition coefficient (Wildman–Crippen LogP) is 3.53. The van der Waals surface area contributed by atoms with Crippen molar-refractivity contribution < 1.29 is 12.8 Å².